The van der Waals surface area contributed by atoms with E-state index in [2.05, 4.69) is 0 Å². The van der Waals surface area contributed by atoms with Gasteiger partial charge in [0.2, 0.25) is 0 Å². The van der Waals surface area contributed by atoms with Crippen LogP contribution in [0.25, 0.3) is 0 Å². The summed E-state index contributed by atoms with van der Waals surface area (Å²) in [7, 11) is -2.46. The summed E-state index contributed by atoms with van der Waals surface area (Å²) in [6.45, 7) is 0. The third-order valence-corrected chi connectivity index (χ3v) is 4.78. The maximum absolute atomic E-state index is 13.2. The lowest BCUT2D eigenvalue weighted by Gasteiger charge is -2.19. The molecular formula is C14H14FN3O2S. The van der Waals surface area contributed by atoms with Crippen LogP contribution < -0.4 is 10.0 Å². The minimum absolute atomic E-state index is 0.0998. The average molecular weight is 307 g/mol. The van der Waals surface area contributed by atoms with E-state index in [0.29, 0.717) is 11.3 Å². The maximum atomic E-state index is 13.2. The summed E-state index contributed by atoms with van der Waals surface area (Å²) in [5, 5.41) is 7.30. The Hall–Kier alpha value is -2.41. The summed E-state index contributed by atoms with van der Waals surface area (Å²) in [5.41, 5.74) is 6.23. The molecule has 0 bridgehead atoms. The molecule has 0 heterocycles. The van der Waals surface area contributed by atoms with Crippen LogP contribution in [0.3, 0.4) is 0 Å². The van der Waals surface area contributed by atoms with Gasteiger partial charge in [0.05, 0.1) is 10.6 Å². The molecule has 7 heteroatoms. The van der Waals surface area contributed by atoms with Gasteiger partial charge in [-0.2, -0.15) is 0 Å². The van der Waals surface area contributed by atoms with Crippen LogP contribution in [0.15, 0.2) is 53.4 Å². The molecule has 0 aliphatic carbocycles. The second-order valence-corrected chi connectivity index (χ2v) is 6.36. The third kappa shape index (κ3) is 3.03. The molecule has 5 nitrogen and oxygen atoms in total. The van der Waals surface area contributed by atoms with Crippen LogP contribution in [0.2, 0.25) is 0 Å². The second kappa shape index (κ2) is 5.53. The van der Waals surface area contributed by atoms with Gasteiger partial charge in [0.1, 0.15) is 11.7 Å². The predicted molar refractivity (Wildman–Crippen MR) is 79.4 cm³/mol. The van der Waals surface area contributed by atoms with Crippen molar-refractivity contribution in [2.45, 2.75) is 4.90 Å². The highest BCUT2D eigenvalue weighted by Gasteiger charge is 2.21. The number of nitrogens with one attached hydrogen (secondary N) is 1. The van der Waals surface area contributed by atoms with E-state index in [1.807, 2.05) is 0 Å². The number of rotatable bonds is 4. The van der Waals surface area contributed by atoms with Crippen LogP contribution in [0.4, 0.5) is 10.1 Å². The lowest BCUT2D eigenvalue weighted by atomic mass is 10.2. The molecule has 0 atom stereocenters. The number of nitrogens with zero attached hydrogens (tertiary/aromatic N) is 1. The van der Waals surface area contributed by atoms with Crippen molar-refractivity contribution < 1.29 is 12.8 Å². The highest BCUT2D eigenvalue weighted by Crippen LogP contribution is 2.22. The molecule has 0 aliphatic heterocycles. The van der Waals surface area contributed by atoms with Gasteiger partial charge < -0.3 is 5.73 Å². The van der Waals surface area contributed by atoms with Crippen molar-refractivity contribution in [1.82, 2.24) is 0 Å². The number of hydrogen-bond acceptors (Lipinski definition) is 3. The van der Waals surface area contributed by atoms with Crippen LogP contribution in [-0.4, -0.2) is 21.3 Å². The molecule has 0 fully saturated rings. The Kier molecular flexibility index (Phi) is 3.95. The van der Waals surface area contributed by atoms with Gasteiger partial charge in [-0.15, -0.1) is 0 Å². The smallest absolute Gasteiger partial charge is 0.264 e. The summed E-state index contributed by atoms with van der Waals surface area (Å²) >= 11 is 0. The number of halogens is 1. The molecule has 2 aromatic rings. The molecule has 0 amide bonds. The Balaban J connectivity index is 2.38. The van der Waals surface area contributed by atoms with Gasteiger partial charge in [0, 0.05) is 12.6 Å². The normalized spacial score (nSPS) is 11.1. The number of sulfonamides is 1. The molecule has 2 rings (SSSR count). The zero-order chi connectivity index (χ0) is 15.6. The van der Waals surface area contributed by atoms with Gasteiger partial charge >= 0.3 is 0 Å². The number of nitrogen functional groups attached to an aromatic ring is 1. The van der Waals surface area contributed by atoms with Crippen molar-refractivity contribution in [2.75, 3.05) is 11.4 Å². The average Bonchev–Trinajstić information content (AvgIpc) is 2.46. The third-order valence-electron chi connectivity index (χ3n) is 3.00. The zero-order valence-electron chi connectivity index (χ0n) is 11.2. The Labute approximate surface area is 122 Å². The lowest BCUT2D eigenvalue weighted by Crippen LogP contribution is -2.26. The Morgan fingerprint density at radius 3 is 2.33 bits per heavy atom. The largest absolute Gasteiger partial charge is 0.384 e. The predicted octanol–water partition coefficient (Wildman–Crippen LogP) is 1.93. The monoisotopic (exact) mass is 307 g/mol. The molecule has 21 heavy (non-hydrogen) atoms. The molecule has 3 N–H and O–H groups in total. The van der Waals surface area contributed by atoms with Crippen molar-refractivity contribution in [1.29, 1.82) is 5.41 Å². The van der Waals surface area contributed by atoms with Gasteiger partial charge in [0.15, 0.2) is 0 Å². The zero-order valence-corrected chi connectivity index (χ0v) is 12.1. The number of anilines is 1. The fourth-order valence-corrected chi connectivity index (χ4v) is 3.00. The van der Waals surface area contributed by atoms with Crippen LogP contribution in [0, 0.1) is 11.2 Å². The fourth-order valence-electron chi connectivity index (χ4n) is 1.78. The molecule has 0 radical (unpaired) electrons. The van der Waals surface area contributed by atoms with E-state index in [1.54, 1.807) is 12.1 Å². The van der Waals surface area contributed by atoms with E-state index in [9.17, 15) is 12.8 Å². The van der Waals surface area contributed by atoms with Crippen molar-refractivity contribution in [2.24, 2.45) is 5.73 Å². The van der Waals surface area contributed by atoms with Gasteiger partial charge in [-0.3, -0.25) is 9.71 Å². The van der Waals surface area contributed by atoms with Crippen molar-refractivity contribution >= 4 is 21.5 Å². The molecule has 0 spiro atoms. The van der Waals surface area contributed by atoms with Gasteiger partial charge in [-0.1, -0.05) is 6.07 Å². The summed E-state index contributed by atoms with van der Waals surface area (Å²) in [5.74, 6) is -0.714. The molecule has 0 aliphatic rings. The van der Waals surface area contributed by atoms with Gasteiger partial charge in [-0.25, -0.2) is 12.8 Å². The summed E-state index contributed by atoms with van der Waals surface area (Å²) in [4.78, 5) is -0.124. The molecular weight excluding hydrogens is 293 g/mol. The van der Waals surface area contributed by atoms with E-state index in [-0.39, 0.29) is 10.7 Å². The number of nitrogens with two attached hydrogens (primary N) is 1. The van der Waals surface area contributed by atoms with Crippen molar-refractivity contribution in [3.63, 3.8) is 0 Å². The summed E-state index contributed by atoms with van der Waals surface area (Å²) in [6.07, 6.45) is 0. The standard InChI is InChI=1S/C14H14FN3O2S/c1-18(12-7-5-10(6-8-12)14(16)17)21(19,20)13-4-2-3-11(15)9-13/h2-9H,1H3,(H3,16,17). The molecule has 0 unspecified atom stereocenters. The highest BCUT2D eigenvalue weighted by atomic mass is 32.2. The van der Waals surface area contributed by atoms with E-state index < -0.39 is 15.8 Å². The first-order chi connectivity index (χ1) is 9.82. The topological polar surface area (TPSA) is 87.2 Å². The Morgan fingerprint density at radius 1 is 1.19 bits per heavy atom. The molecule has 0 saturated heterocycles. The van der Waals surface area contributed by atoms with Crippen LogP contribution in [-0.2, 0) is 10.0 Å². The first-order valence-corrected chi connectivity index (χ1v) is 7.45. The van der Waals surface area contributed by atoms with E-state index in [4.69, 9.17) is 11.1 Å². The quantitative estimate of drug-likeness (QED) is 0.668. The number of hydrogen-bond donors (Lipinski definition) is 2. The first kappa shape index (κ1) is 15.0. The molecule has 0 saturated carbocycles. The Morgan fingerprint density at radius 2 is 1.81 bits per heavy atom. The van der Waals surface area contributed by atoms with E-state index >= 15 is 0 Å². The maximum Gasteiger partial charge on any atom is 0.264 e. The first-order valence-electron chi connectivity index (χ1n) is 6.01. The Bertz CT molecular complexity index is 773. The van der Waals surface area contributed by atoms with Crippen molar-refractivity contribution in [3.05, 3.63) is 59.9 Å². The lowest BCUT2D eigenvalue weighted by molar-refractivity contribution is 0.589. The van der Waals surface area contributed by atoms with Gasteiger partial charge in [0.25, 0.3) is 10.0 Å². The van der Waals surface area contributed by atoms with Crippen LogP contribution in [0.1, 0.15) is 5.56 Å². The molecule has 0 aromatic heterocycles. The van der Waals surface area contributed by atoms with E-state index in [0.717, 1.165) is 10.4 Å². The fraction of sp³-hybridized carbons (Fsp3) is 0.0714. The highest BCUT2D eigenvalue weighted by molar-refractivity contribution is 7.92. The SMILES string of the molecule is CN(c1ccc(C(=N)N)cc1)S(=O)(=O)c1cccc(F)c1. The van der Waals surface area contributed by atoms with Crippen LogP contribution >= 0.6 is 0 Å². The minimum atomic E-state index is -3.84. The number of amidine groups is 1. The summed E-state index contributed by atoms with van der Waals surface area (Å²) in [6, 6.07) is 11.0. The second-order valence-electron chi connectivity index (χ2n) is 4.39. The molecule has 110 valence electrons. The van der Waals surface area contributed by atoms with E-state index in [1.165, 1.54) is 37.4 Å². The minimum Gasteiger partial charge on any atom is -0.384 e. The van der Waals surface area contributed by atoms with Crippen LogP contribution in [0.5, 0.6) is 0 Å². The number of benzene rings is 2. The molecule has 2 aromatic carbocycles. The van der Waals surface area contributed by atoms with Crippen molar-refractivity contribution in [3.8, 4) is 0 Å². The van der Waals surface area contributed by atoms with Gasteiger partial charge in [-0.05, 0) is 42.5 Å². The summed E-state index contributed by atoms with van der Waals surface area (Å²) < 4.78 is 39.0.